The van der Waals surface area contributed by atoms with Crippen molar-refractivity contribution in [1.82, 2.24) is 0 Å². The number of hydrogen-bond acceptors (Lipinski definition) is 0. The van der Waals surface area contributed by atoms with E-state index < -0.39 is 7.92 Å². The van der Waals surface area contributed by atoms with Gasteiger partial charge in [0, 0.05) is 0 Å². The second kappa shape index (κ2) is 12.4. The molecule has 3 aromatic carbocycles. The van der Waals surface area contributed by atoms with E-state index in [0.29, 0.717) is 0 Å². The van der Waals surface area contributed by atoms with Gasteiger partial charge in [-0.05, 0) is 23.8 Å². The van der Waals surface area contributed by atoms with E-state index in [4.69, 9.17) is 0 Å². The molecule has 0 radical (unpaired) electrons. The maximum atomic E-state index is 2.99. The molecule has 1 aliphatic rings. The number of allylic oxidation sites excluding steroid dienone is 4. The number of benzene rings is 3. The Bertz CT molecular complexity index is 676. The van der Waals surface area contributed by atoms with Crippen LogP contribution in [0.2, 0.25) is 0 Å². The average molecular weight is 401 g/mol. The molecule has 0 amide bonds. The monoisotopic (exact) mass is 400 g/mol. The van der Waals surface area contributed by atoms with Crippen LogP contribution >= 0.6 is 7.92 Å². The van der Waals surface area contributed by atoms with Gasteiger partial charge in [-0.3, -0.25) is 6.08 Å². The first-order chi connectivity index (χ1) is 11.9. The van der Waals surface area contributed by atoms with Crippen molar-refractivity contribution >= 4 is 23.8 Å². The van der Waals surface area contributed by atoms with Crippen LogP contribution in [0, 0.1) is 13.5 Å². The minimum Gasteiger partial charge on any atom is -0.358 e. The van der Waals surface area contributed by atoms with E-state index >= 15 is 0 Å². The van der Waals surface area contributed by atoms with Crippen molar-refractivity contribution in [3.8, 4) is 0 Å². The first kappa shape index (κ1) is 22.1. The van der Waals surface area contributed by atoms with Crippen LogP contribution in [0.1, 0.15) is 6.42 Å². The quantitative estimate of drug-likeness (QED) is 0.322. The van der Waals surface area contributed by atoms with Gasteiger partial charge in [-0.1, -0.05) is 91.0 Å². The molecule has 0 bridgehead atoms. The first-order valence-corrected chi connectivity index (χ1v) is 9.46. The Balaban J connectivity index is 0.000000421. The van der Waals surface area contributed by atoms with Crippen molar-refractivity contribution in [2.45, 2.75) is 6.42 Å². The fourth-order valence-electron chi connectivity index (χ4n) is 2.52. The molecule has 0 spiro atoms. The van der Waals surface area contributed by atoms with Gasteiger partial charge in [0.05, 0.1) is 0 Å². The molecule has 134 valence electrons. The summed E-state index contributed by atoms with van der Waals surface area (Å²) in [5, 5.41) is 4.19. The summed E-state index contributed by atoms with van der Waals surface area (Å²) in [5.74, 6) is 0. The molecule has 0 atom stereocenters. The Morgan fingerprint density at radius 1 is 0.615 bits per heavy atom. The van der Waals surface area contributed by atoms with Gasteiger partial charge in [0.1, 0.15) is 0 Å². The predicted octanol–water partition coefficient (Wildman–Crippen LogP) is 5.20. The van der Waals surface area contributed by atoms with Crippen LogP contribution in [0.5, 0.6) is 0 Å². The molecular formula is C24H23NiP. The molecule has 0 fully saturated rings. The van der Waals surface area contributed by atoms with Crippen LogP contribution < -0.4 is 15.9 Å². The first-order valence-electron chi connectivity index (χ1n) is 8.12. The molecule has 0 unspecified atom stereocenters. The standard InChI is InChI=1S/C18H15P.C5H5.CH3.Ni/c1-4-10-16(11-5-1)19(17-12-6-2-7-13-17)18-14-8-3-9-15-18;1-2-4-5-3-1;;/h1-15H;1-3H,4H2;1H3;/q;2*-1;+2. The van der Waals surface area contributed by atoms with Crippen molar-refractivity contribution in [3.63, 3.8) is 0 Å². The van der Waals surface area contributed by atoms with Gasteiger partial charge >= 0.3 is 16.5 Å². The zero-order valence-electron chi connectivity index (χ0n) is 14.9. The Morgan fingerprint density at radius 3 is 1.23 bits per heavy atom. The van der Waals surface area contributed by atoms with Gasteiger partial charge in [0.25, 0.3) is 0 Å². The molecule has 3 aromatic rings. The predicted molar refractivity (Wildman–Crippen MR) is 113 cm³/mol. The second-order valence-corrected chi connectivity index (χ2v) is 7.57. The normalized spacial score (nSPS) is 11.1. The van der Waals surface area contributed by atoms with Gasteiger partial charge in [-0.2, -0.15) is 6.08 Å². The summed E-state index contributed by atoms with van der Waals surface area (Å²) >= 11 is 0. The zero-order chi connectivity index (χ0) is 16.5. The third kappa shape index (κ3) is 6.41. The molecule has 26 heavy (non-hydrogen) atoms. The Morgan fingerprint density at radius 2 is 1.00 bits per heavy atom. The Labute approximate surface area is 169 Å². The van der Waals surface area contributed by atoms with E-state index in [-0.39, 0.29) is 23.9 Å². The van der Waals surface area contributed by atoms with Crippen molar-refractivity contribution in [3.05, 3.63) is 123 Å². The molecule has 0 saturated heterocycles. The van der Waals surface area contributed by atoms with E-state index in [1.165, 1.54) is 15.9 Å². The third-order valence-corrected chi connectivity index (χ3v) is 6.07. The number of rotatable bonds is 3. The molecule has 0 heterocycles. The molecule has 0 nitrogen and oxygen atoms in total. The molecular weight excluding hydrogens is 378 g/mol. The molecule has 0 aliphatic heterocycles. The van der Waals surface area contributed by atoms with Gasteiger partial charge in [0.2, 0.25) is 0 Å². The average Bonchev–Trinajstić information content (AvgIpc) is 3.25. The second-order valence-electron chi connectivity index (χ2n) is 5.35. The van der Waals surface area contributed by atoms with Crippen LogP contribution in [-0.2, 0) is 16.5 Å². The fraction of sp³-hybridized carbons (Fsp3) is 0.0417. The molecule has 4 rings (SSSR count). The van der Waals surface area contributed by atoms with Crippen LogP contribution in [0.15, 0.2) is 109 Å². The molecule has 0 N–H and O–H groups in total. The van der Waals surface area contributed by atoms with Crippen molar-refractivity contribution in [2.24, 2.45) is 0 Å². The van der Waals surface area contributed by atoms with Crippen LogP contribution in [0.4, 0.5) is 0 Å². The Hall–Kier alpha value is -1.94. The number of hydrogen-bond donors (Lipinski definition) is 0. The molecule has 0 aromatic heterocycles. The summed E-state index contributed by atoms with van der Waals surface area (Å²) < 4.78 is 0. The Kier molecular flexibility index (Phi) is 10.6. The van der Waals surface area contributed by atoms with Crippen molar-refractivity contribution < 1.29 is 16.5 Å². The van der Waals surface area contributed by atoms with Gasteiger partial charge in [0.15, 0.2) is 0 Å². The SMILES string of the molecule is [C-]1=CC=CC1.[CH3-].[Ni+2].c1ccc(P(c2ccccc2)c2ccccc2)cc1. The van der Waals surface area contributed by atoms with E-state index in [9.17, 15) is 0 Å². The minimum absolute atomic E-state index is 0. The van der Waals surface area contributed by atoms with Crippen LogP contribution in [0.3, 0.4) is 0 Å². The maximum Gasteiger partial charge on any atom is 2.00 e. The molecule has 0 saturated carbocycles. The zero-order valence-corrected chi connectivity index (χ0v) is 16.7. The minimum atomic E-state index is -0.446. The van der Waals surface area contributed by atoms with E-state index in [0.717, 1.165) is 6.42 Å². The summed E-state index contributed by atoms with van der Waals surface area (Å²) in [4.78, 5) is 0. The van der Waals surface area contributed by atoms with Crippen LogP contribution in [-0.4, -0.2) is 0 Å². The van der Waals surface area contributed by atoms with Crippen molar-refractivity contribution in [1.29, 1.82) is 0 Å². The maximum absolute atomic E-state index is 2.99. The molecule has 1 aliphatic carbocycles. The van der Waals surface area contributed by atoms with E-state index in [1.54, 1.807) is 0 Å². The topological polar surface area (TPSA) is 0 Å². The van der Waals surface area contributed by atoms with Crippen LogP contribution in [0.25, 0.3) is 0 Å². The molecule has 2 heteroatoms. The third-order valence-electron chi connectivity index (χ3n) is 3.63. The summed E-state index contributed by atoms with van der Waals surface area (Å²) in [6, 6.07) is 32.3. The largest absolute Gasteiger partial charge is 2.00 e. The fourth-order valence-corrected chi connectivity index (χ4v) is 4.82. The smallest absolute Gasteiger partial charge is 0.358 e. The summed E-state index contributed by atoms with van der Waals surface area (Å²) in [6.07, 6.45) is 10.0. The van der Waals surface area contributed by atoms with E-state index in [2.05, 4.69) is 103 Å². The van der Waals surface area contributed by atoms with Gasteiger partial charge in [-0.15, -0.1) is 6.42 Å². The summed E-state index contributed by atoms with van der Waals surface area (Å²) in [6.45, 7) is 0. The van der Waals surface area contributed by atoms with Gasteiger partial charge in [-0.25, -0.2) is 12.2 Å². The summed E-state index contributed by atoms with van der Waals surface area (Å²) in [7, 11) is -0.446. The van der Waals surface area contributed by atoms with Gasteiger partial charge < -0.3 is 7.43 Å². The van der Waals surface area contributed by atoms with E-state index in [1.807, 2.05) is 12.2 Å². The van der Waals surface area contributed by atoms with Crippen molar-refractivity contribution in [2.75, 3.05) is 0 Å². The summed E-state index contributed by atoms with van der Waals surface area (Å²) in [5.41, 5.74) is 0.